The van der Waals surface area contributed by atoms with Crippen LogP contribution in [-0.2, 0) is 4.79 Å². The second kappa shape index (κ2) is 7.83. The molecule has 1 aliphatic rings. The number of carbonyl (C=O) groups excluding carboxylic acids is 1. The summed E-state index contributed by atoms with van der Waals surface area (Å²) in [5, 5.41) is 3.18. The Hall–Kier alpha value is -0.640. The summed E-state index contributed by atoms with van der Waals surface area (Å²) in [5.41, 5.74) is 5.34. The first-order chi connectivity index (χ1) is 9.06. The fourth-order valence-electron chi connectivity index (χ4n) is 2.97. The van der Waals surface area contributed by atoms with E-state index in [0.29, 0.717) is 4.99 Å². The monoisotopic (exact) mass is 284 g/mol. The van der Waals surface area contributed by atoms with E-state index in [1.807, 2.05) is 0 Å². The fraction of sp³-hybridized carbons (Fsp3) is 0.867. The van der Waals surface area contributed by atoms with Crippen molar-refractivity contribution in [1.82, 2.24) is 5.32 Å². The molecule has 1 amide bonds. The van der Waals surface area contributed by atoms with Gasteiger partial charge in [-0.1, -0.05) is 58.2 Å². The third kappa shape index (κ3) is 4.16. The Morgan fingerprint density at radius 3 is 2.26 bits per heavy atom. The second-order valence-electron chi connectivity index (χ2n) is 5.73. The minimum Gasteiger partial charge on any atom is -0.392 e. The van der Waals surface area contributed by atoms with Crippen molar-refractivity contribution in [2.45, 2.75) is 77.7 Å². The molecule has 1 unspecified atom stereocenters. The van der Waals surface area contributed by atoms with Gasteiger partial charge in [0.05, 0.1) is 10.4 Å². The number of carbonyl (C=O) groups is 1. The lowest BCUT2D eigenvalue weighted by atomic mass is 9.79. The first kappa shape index (κ1) is 16.4. The van der Waals surface area contributed by atoms with Gasteiger partial charge < -0.3 is 11.1 Å². The van der Waals surface area contributed by atoms with Gasteiger partial charge in [0.15, 0.2) is 0 Å². The summed E-state index contributed by atoms with van der Waals surface area (Å²) in [6.45, 7) is 4.25. The Labute approximate surface area is 122 Å². The second-order valence-corrected chi connectivity index (χ2v) is 6.17. The molecule has 0 aromatic heterocycles. The van der Waals surface area contributed by atoms with E-state index >= 15 is 0 Å². The van der Waals surface area contributed by atoms with Gasteiger partial charge in [-0.2, -0.15) is 0 Å². The molecule has 1 rings (SSSR count). The largest absolute Gasteiger partial charge is 0.392 e. The Bertz CT molecular complexity index is 309. The van der Waals surface area contributed by atoms with Crippen LogP contribution in [0, 0.1) is 5.41 Å². The Morgan fingerprint density at radius 2 is 1.84 bits per heavy atom. The van der Waals surface area contributed by atoms with Gasteiger partial charge in [0.1, 0.15) is 0 Å². The summed E-state index contributed by atoms with van der Waals surface area (Å²) < 4.78 is 0. The van der Waals surface area contributed by atoms with Crippen LogP contribution in [0.3, 0.4) is 0 Å². The van der Waals surface area contributed by atoms with Crippen LogP contribution in [0.1, 0.15) is 71.6 Å². The topological polar surface area (TPSA) is 55.1 Å². The lowest BCUT2D eigenvalue weighted by Gasteiger charge is -2.32. The van der Waals surface area contributed by atoms with E-state index in [0.717, 1.165) is 44.9 Å². The van der Waals surface area contributed by atoms with E-state index in [4.69, 9.17) is 18.0 Å². The average molecular weight is 284 g/mol. The molecule has 0 radical (unpaired) electrons. The van der Waals surface area contributed by atoms with Crippen LogP contribution in [0.25, 0.3) is 0 Å². The summed E-state index contributed by atoms with van der Waals surface area (Å²) in [5.74, 6) is 0.0715. The number of rotatable bonds is 6. The van der Waals surface area contributed by atoms with Gasteiger partial charge in [0.2, 0.25) is 5.91 Å². The minimum atomic E-state index is -0.590. The molecule has 0 bridgehead atoms. The first-order valence-corrected chi connectivity index (χ1v) is 8.08. The molecular weight excluding hydrogens is 256 g/mol. The van der Waals surface area contributed by atoms with E-state index in [1.54, 1.807) is 0 Å². The van der Waals surface area contributed by atoms with Crippen LogP contribution in [0.4, 0.5) is 0 Å². The molecule has 19 heavy (non-hydrogen) atoms. The van der Waals surface area contributed by atoms with Gasteiger partial charge in [-0.05, 0) is 25.7 Å². The van der Waals surface area contributed by atoms with Crippen LogP contribution >= 0.6 is 12.2 Å². The number of nitrogens with one attached hydrogen (secondary N) is 1. The van der Waals surface area contributed by atoms with Gasteiger partial charge in [-0.3, -0.25) is 4.79 Å². The third-order valence-corrected chi connectivity index (χ3v) is 4.72. The lowest BCUT2D eigenvalue weighted by molar-refractivity contribution is -0.128. The van der Waals surface area contributed by atoms with E-state index in [2.05, 4.69) is 19.2 Å². The van der Waals surface area contributed by atoms with Gasteiger partial charge >= 0.3 is 0 Å². The maximum absolute atomic E-state index is 12.7. The highest BCUT2D eigenvalue weighted by atomic mass is 32.1. The highest BCUT2D eigenvalue weighted by molar-refractivity contribution is 7.80. The van der Waals surface area contributed by atoms with E-state index in [1.165, 1.54) is 12.8 Å². The summed E-state index contributed by atoms with van der Waals surface area (Å²) in [7, 11) is 0. The van der Waals surface area contributed by atoms with E-state index in [-0.39, 0.29) is 11.9 Å². The Balaban J connectivity index is 2.79. The zero-order chi connectivity index (χ0) is 14.3. The molecule has 3 nitrogen and oxygen atoms in total. The van der Waals surface area contributed by atoms with Crippen LogP contribution in [0.2, 0.25) is 0 Å². The van der Waals surface area contributed by atoms with Crippen LogP contribution in [0.5, 0.6) is 0 Å². The van der Waals surface area contributed by atoms with Gasteiger partial charge in [-0.15, -0.1) is 0 Å². The Kier molecular flexibility index (Phi) is 6.76. The van der Waals surface area contributed by atoms with Crippen LogP contribution < -0.4 is 11.1 Å². The molecule has 1 saturated carbocycles. The third-order valence-electron chi connectivity index (χ3n) is 4.33. The molecular formula is C15H28N2OS. The zero-order valence-electron chi connectivity index (χ0n) is 12.3. The molecule has 110 valence electrons. The normalized spacial score (nSPS) is 20.3. The van der Waals surface area contributed by atoms with Crippen molar-refractivity contribution in [3.63, 3.8) is 0 Å². The molecule has 1 atom stereocenters. The summed E-state index contributed by atoms with van der Waals surface area (Å²) >= 11 is 5.23. The molecule has 0 spiro atoms. The number of nitrogens with two attached hydrogens (primary N) is 1. The van der Waals surface area contributed by atoms with Crippen molar-refractivity contribution in [3.8, 4) is 0 Å². The molecule has 0 heterocycles. The maximum atomic E-state index is 12.7. The number of hydrogen-bond acceptors (Lipinski definition) is 2. The minimum absolute atomic E-state index is 0.0715. The molecule has 0 aliphatic heterocycles. The predicted octanol–water partition coefficient (Wildman–Crippen LogP) is 3.31. The standard InChI is InChI=1S/C15H28N2OS/c1-3-9-12(4-2)17-14(18)15(13(16)19)10-7-5-6-8-11-15/h12H,3-11H2,1-2H3,(H2,16,19)(H,17,18). The first-order valence-electron chi connectivity index (χ1n) is 7.67. The number of thiocarbonyl (C=S) groups is 1. The predicted molar refractivity (Wildman–Crippen MR) is 84.1 cm³/mol. The molecule has 1 aliphatic carbocycles. The van der Waals surface area contributed by atoms with Crippen LogP contribution in [-0.4, -0.2) is 16.9 Å². The number of hydrogen-bond donors (Lipinski definition) is 2. The van der Waals surface area contributed by atoms with Crippen molar-refractivity contribution in [2.75, 3.05) is 0 Å². The van der Waals surface area contributed by atoms with Crippen molar-refractivity contribution in [3.05, 3.63) is 0 Å². The van der Waals surface area contributed by atoms with Crippen molar-refractivity contribution >= 4 is 23.1 Å². The van der Waals surface area contributed by atoms with Gasteiger partial charge in [0, 0.05) is 6.04 Å². The highest BCUT2D eigenvalue weighted by Gasteiger charge is 2.41. The maximum Gasteiger partial charge on any atom is 0.233 e. The SMILES string of the molecule is CCCC(CC)NC(=O)C1(C(N)=S)CCCCCC1. The molecule has 3 N–H and O–H groups in total. The zero-order valence-corrected chi connectivity index (χ0v) is 13.2. The van der Waals surface area contributed by atoms with E-state index < -0.39 is 5.41 Å². The number of amides is 1. The quantitative estimate of drug-likeness (QED) is 0.581. The fourth-order valence-corrected chi connectivity index (χ4v) is 3.26. The lowest BCUT2D eigenvalue weighted by Crippen LogP contribution is -2.51. The van der Waals surface area contributed by atoms with Crippen molar-refractivity contribution in [2.24, 2.45) is 11.1 Å². The van der Waals surface area contributed by atoms with Crippen molar-refractivity contribution < 1.29 is 4.79 Å². The van der Waals surface area contributed by atoms with E-state index in [9.17, 15) is 4.79 Å². The summed E-state index contributed by atoms with van der Waals surface area (Å²) in [6.07, 6.45) is 9.17. The smallest absolute Gasteiger partial charge is 0.233 e. The summed E-state index contributed by atoms with van der Waals surface area (Å²) in [4.78, 5) is 13.1. The van der Waals surface area contributed by atoms with Crippen molar-refractivity contribution in [1.29, 1.82) is 0 Å². The molecule has 0 saturated heterocycles. The van der Waals surface area contributed by atoms with Gasteiger partial charge in [0.25, 0.3) is 0 Å². The molecule has 0 aromatic rings. The summed E-state index contributed by atoms with van der Waals surface area (Å²) in [6, 6.07) is 0.256. The molecule has 4 heteroatoms. The Morgan fingerprint density at radius 1 is 1.26 bits per heavy atom. The molecule has 1 fully saturated rings. The molecule has 0 aromatic carbocycles. The van der Waals surface area contributed by atoms with Crippen LogP contribution in [0.15, 0.2) is 0 Å². The average Bonchev–Trinajstić information content (AvgIpc) is 2.64. The highest BCUT2D eigenvalue weighted by Crippen LogP contribution is 2.36. The van der Waals surface area contributed by atoms with Gasteiger partial charge in [-0.25, -0.2) is 0 Å².